The zero-order valence-electron chi connectivity index (χ0n) is 23.5. The number of hydrogen-bond acceptors (Lipinski definition) is 1. The number of para-hydroxylation sites is 2. The summed E-state index contributed by atoms with van der Waals surface area (Å²) in [5, 5.41) is 19.5. The number of benzene rings is 7. The SMILES string of the molecule is [C-]#[N+]c1cc(C#N)c(-n2c3ccccc3c3ccc4ccccc4c32)cc1-n1c2ccccc2c2ccc3ccccc3c21. The molecule has 0 radical (unpaired) electrons. The zero-order chi connectivity index (χ0) is 29.4. The fraction of sp³-hybridized carbons (Fsp3) is 0. The molecule has 2 aromatic heterocycles. The van der Waals surface area contributed by atoms with Gasteiger partial charge in [-0.25, -0.2) is 4.85 Å². The average molecular weight is 559 g/mol. The Balaban J connectivity index is 1.49. The number of nitriles is 1. The first-order chi connectivity index (χ1) is 21.8. The Bertz CT molecular complexity index is 2560. The molecule has 44 heavy (non-hydrogen) atoms. The van der Waals surface area contributed by atoms with Gasteiger partial charge in [0.25, 0.3) is 0 Å². The van der Waals surface area contributed by atoms with E-state index in [0.717, 1.165) is 76.5 Å². The molecule has 4 heteroatoms. The summed E-state index contributed by atoms with van der Waals surface area (Å²) in [6.45, 7) is 8.25. The molecule has 0 aliphatic carbocycles. The lowest BCUT2D eigenvalue weighted by molar-refractivity contribution is 1.14. The van der Waals surface area contributed by atoms with Crippen molar-refractivity contribution in [2.75, 3.05) is 0 Å². The number of nitrogens with zero attached hydrogens (tertiary/aromatic N) is 4. The largest absolute Gasteiger partial charge is 0.318 e. The second kappa shape index (κ2) is 9.07. The van der Waals surface area contributed by atoms with E-state index < -0.39 is 0 Å². The van der Waals surface area contributed by atoms with E-state index >= 15 is 0 Å². The molecular weight excluding hydrogens is 536 g/mol. The fourth-order valence-corrected chi connectivity index (χ4v) is 7.07. The van der Waals surface area contributed by atoms with Gasteiger partial charge in [-0.3, -0.25) is 0 Å². The van der Waals surface area contributed by atoms with Crippen LogP contribution >= 0.6 is 0 Å². The molecule has 9 rings (SSSR count). The molecule has 0 saturated carbocycles. The number of hydrogen-bond donors (Lipinski definition) is 0. The molecule has 0 amide bonds. The molecule has 2 heterocycles. The summed E-state index contributed by atoms with van der Waals surface area (Å²) in [6, 6.07) is 48.4. The summed E-state index contributed by atoms with van der Waals surface area (Å²) in [5.41, 5.74) is 6.54. The van der Waals surface area contributed by atoms with Crippen LogP contribution in [0.4, 0.5) is 5.69 Å². The molecule has 0 atom stereocenters. The highest BCUT2D eigenvalue weighted by atomic mass is 15.0. The van der Waals surface area contributed by atoms with E-state index in [1.54, 1.807) is 6.07 Å². The molecule has 0 fully saturated rings. The van der Waals surface area contributed by atoms with Gasteiger partial charge in [0.2, 0.25) is 5.69 Å². The Morgan fingerprint density at radius 2 is 0.977 bits per heavy atom. The van der Waals surface area contributed by atoms with E-state index in [9.17, 15) is 5.26 Å². The molecule has 0 N–H and O–H groups in total. The minimum absolute atomic E-state index is 0.437. The zero-order valence-corrected chi connectivity index (χ0v) is 23.5. The first-order valence-corrected chi connectivity index (χ1v) is 14.5. The summed E-state index contributed by atoms with van der Waals surface area (Å²) in [4.78, 5) is 3.99. The first kappa shape index (κ1) is 24.3. The lowest BCUT2D eigenvalue weighted by atomic mass is 10.1. The van der Waals surface area contributed by atoms with Crippen molar-refractivity contribution in [2.24, 2.45) is 0 Å². The third-order valence-electron chi connectivity index (χ3n) is 8.93. The number of fused-ring (bicyclic) bond motifs is 10. The normalized spacial score (nSPS) is 11.6. The van der Waals surface area contributed by atoms with Gasteiger partial charge in [0, 0.05) is 32.3 Å². The minimum atomic E-state index is 0.437. The van der Waals surface area contributed by atoms with Crippen LogP contribution in [0.15, 0.2) is 133 Å². The van der Waals surface area contributed by atoms with Crippen molar-refractivity contribution >= 4 is 70.8 Å². The van der Waals surface area contributed by atoms with Gasteiger partial charge in [-0.2, -0.15) is 5.26 Å². The summed E-state index contributed by atoms with van der Waals surface area (Å²) < 4.78 is 4.44. The van der Waals surface area contributed by atoms with Crippen molar-refractivity contribution in [1.29, 1.82) is 5.26 Å². The van der Waals surface area contributed by atoms with E-state index in [-0.39, 0.29) is 0 Å². The van der Waals surface area contributed by atoms with Crippen LogP contribution in [-0.2, 0) is 0 Å². The van der Waals surface area contributed by atoms with Gasteiger partial charge in [-0.1, -0.05) is 109 Å². The Morgan fingerprint density at radius 1 is 0.500 bits per heavy atom. The van der Waals surface area contributed by atoms with E-state index in [0.29, 0.717) is 11.3 Å². The van der Waals surface area contributed by atoms with E-state index in [2.05, 4.69) is 129 Å². The summed E-state index contributed by atoms with van der Waals surface area (Å²) in [7, 11) is 0. The predicted molar refractivity (Wildman–Crippen MR) is 181 cm³/mol. The third-order valence-corrected chi connectivity index (χ3v) is 8.93. The first-order valence-electron chi connectivity index (χ1n) is 14.5. The molecule has 0 saturated heterocycles. The van der Waals surface area contributed by atoms with Gasteiger partial charge < -0.3 is 9.13 Å². The maximum Gasteiger partial charge on any atom is 0.212 e. The maximum atomic E-state index is 10.5. The third kappa shape index (κ3) is 3.20. The van der Waals surface area contributed by atoms with Crippen LogP contribution in [0.2, 0.25) is 0 Å². The van der Waals surface area contributed by atoms with Crippen LogP contribution in [0.3, 0.4) is 0 Å². The number of rotatable bonds is 2. The summed E-state index contributed by atoms with van der Waals surface area (Å²) in [6.07, 6.45) is 0. The Labute approximate surface area is 252 Å². The summed E-state index contributed by atoms with van der Waals surface area (Å²) in [5.74, 6) is 0. The van der Waals surface area contributed by atoms with Crippen molar-refractivity contribution in [3.8, 4) is 17.4 Å². The molecule has 0 aliphatic heterocycles. The molecule has 0 spiro atoms. The smallest absolute Gasteiger partial charge is 0.212 e. The molecule has 9 aromatic rings. The lowest BCUT2D eigenvalue weighted by Crippen LogP contribution is -2.02. The van der Waals surface area contributed by atoms with Crippen LogP contribution in [-0.4, -0.2) is 9.13 Å². The minimum Gasteiger partial charge on any atom is -0.318 e. The van der Waals surface area contributed by atoms with Crippen molar-refractivity contribution in [1.82, 2.24) is 9.13 Å². The van der Waals surface area contributed by atoms with Crippen LogP contribution < -0.4 is 0 Å². The fourth-order valence-electron chi connectivity index (χ4n) is 7.07. The highest BCUT2D eigenvalue weighted by Crippen LogP contribution is 2.42. The summed E-state index contributed by atoms with van der Waals surface area (Å²) >= 11 is 0. The Kier molecular flexibility index (Phi) is 5.00. The Morgan fingerprint density at radius 3 is 1.50 bits per heavy atom. The topological polar surface area (TPSA) is 38.0 Å². The van der Waals surface area contributed by atoms with Crippen LogP contribution in [0.5, 0.6) is 0 Å². The molecule has 4 nitrogen and oxygen atoms in total. The van der Waals surface area contributed by atoms with Crippen molar-refractivity contribution in [3.05, 3.63) is 150 Å². The van der Waals surface area contributed by atoms with Gasteiger partial charge in [-0.05, 0) is 35.0 Å². The van der Waals surface area contributed by atoms with Gasteiger partial charge in [0.05, 0.1) is 51.6 Å². The second-order valence-corrected chi connectivity index (χ2v) is 11.2. The highest BCUT2D eigenvalue weighted by molar-refractivity contribution is 6.20. The average Bonchev–Trinajstić information content (AvgIpc) is 3.61. The van der Waals surface area contributed by atoms with E-state index in [1.807, 2.05) is 18.2 Å². The molecular formula is C40H22N4. The molecule has 0 bridgehead atoms. The highest BCUT2D eigenvalue weighted by Gasteiger charge is 2.22. The van der Waals surface area contributed by atoms with Gasteiger partial charge in [0.1, 0.15) is 0 Å². The molecule has 7 aromatic carbocycles. The molecule has 0 unspecified atom stereocenters. The van der Waals surface area contributed by atoms with Crippen LogP contribution in [0.25, 0.3) is 81.4 Å². The quantitative estimate of drug-likeness (QED) is 0.195. The monoisotopic (exact) mass is 558 g/mol. The molecule has 0 aliphatic rings. The van der Waals surface area contributed by atoms with Crippen molar-refractivity contribution in [2.45, 2.75) is 0 Å². The lowest BCUT2D eigenvalue weighted by Gasteiger charge is -2.17. The molecule has 202 valence electrons. The second-order valence-electron chi connectivity index (χ2n) is 11.2. The van der Waals surface area contributed by atoms with Crippen molar-refractivity contribution in [3.63, 3.8) is 0 Å². The van der Waals surface area contributed by atoms with Gasteiger partial charge >= 0.3 is 0 Å². The van der Waals surface area contributed by atoms with Gasteiger partial charge in [-0.15, -0.1) is 0 Å². The van der Waals surface area contributed by atoms with Gasteiger partial charge in [0.15, 0.2) is 0 Å². The van der Waals surface area contributed by atoms with Crippen LogP contribution in [0, 0.1) is 17.9 Å². The van der Waals surface area contributed by atoms with Crippen molar-refractivity contribution < 1.29 is 0 Å². The standard InChI is InChI=1S/C40H22N4/c1-42-34-22-27(24-41)37(43-35-16-8-6-14-30(35)32-20-18-25-10-2-4-12-28(25)39(32)43)23-38(34)44-36-17-9-7-15-31(36)33-21-19-26-11-3-5-13-29(26)40(33)44/h2-23H. The predicted octanol–water partition coefficient (Wildman–Crippen LogP) is 10.6. The van der Waals surface area contributed by atoms with Crippen LogP contribution in [0.1, 0.15) is 5.56 Å². The van der Waals surface area contributed by atoms with E-state index in [4.69, 9.17) is 6.57 Å². The number of aromatic nitrogens is 2. The van der Waals surface area contributed by atoms with E-state index in [1.165, 1.54) is 0 Å². The maximum absolute atomic E-state index is 10.5. The Hall–Kier alpha value is -6.36.